The fraction of sp³-hybridized carbons (Fsp3) is 0.364. The highest BCUT2D eigenvalue weighted by molar-refractivity contribution is 9.10. The molecule has 168 valence electrons. The number of hydrogen-bond donors (Lipinski definition) is 3. The summed E-state index contributed by atoms with van der Waals surface area (Å²) in [6.07, 6.45) is 2.63. The molecule has 1 unspecified atom stereocenters. The number of ketones is 1. The molecule has 3 amide bonds. The number of nitrogens with one attached hydrogen (secondary N) is 3. The Morgan fingerprint density at radius 2 is 1.88 bits per heavy atom. The van der Waals surface area contributed by atoms with Crippen LogP contribution in [0.1, 0.15) is 40.4 Å². The monoisotopic (exact) mass is 502 g/mol. The highest BCUT2D eigenvalue weighted by Gasteiger charge is 2.42. The van der Waals surface area contributed by atoms with Crippen LogP contribution in [0.4, 0.5) is 4.79 Å². The van der Waals surface area contributed by atoms with E-state index in [1.54, 1.807) is 24.3 Å². The lowest BCUT2D eigenvalue weighted by Crippen LogP contribution is -2.46. The minimum Gasteiger partial charge on any atom is -0.453 e. The molecule has 10 heteroatoms. The predicted octanol–water partition coefficient (Wildman–Crippen LogP) is 2.06. The molecule has 1 aliphatic carbocycles. The molecule has 4 rings (SSSR count). The number of aromatic nitrogens is 1. The Morgan fingerprint density at radius 3 is 2.59 bits per heavy atom. The van der Waals surface area contributed by atoms with Crippen LogP contribution < -0.4 is 16.2 Å². The van der Waals surface area contributed by atoms with Crippen LogP contribution in [0.25, 0.3) is 0 Å². The summed E-state index contributed by atoms with van der Waals surface area (Å²) in [6.45, 7) is 0.308. The van der Waals surface area contributed by atoms with Crippen LogP contribution in [0, 0.1) is 5.92 Å². The van der Waals surface area contributed by atoms with Crippen molar-refractivity contribution in [2.75, 3.05) is 7.11 Å². The molecule has 2 aromatic rings. The quantitative estimate of drug-likeness (QED) is 0.555. The van der Waals surface area contributed by atoms with Gasteiger partial charge in [0.05, 0.1) is 18.9 Å². The lowest BCUT2D eigenvalue weighted by Gasteiger charge is -2.31. The van der Waals surface area contributed by atoms with Crippen LogP contribution >= 0.6 is 15.9 Å². The van der Waals surface area contributed by atoms with Gasteiger partial charge in [-0.05, 0) is 48.7 Å². The zero-order valence-corrected chi connectivity index (χ0v) is 19.0. The lowest BCUT2D eigenvalue weighted by atomic mass is 9.79. The number of carbonyl (C=O) groups excluding carboxylic acids is 4. The molecule has 1 aromatic carbocycles. The Hall–Kier alpha value is -3.14. The molecule has 0 radical (unpaired) electrons. The molecule has 1 aromatic heterocycles. The lowest BCUT2D eigenvalue weighted by molar-refractivity contribution is -0.130. The van der Waals surface area contributed by atoms with Crippen LogP contribution in [-0.4, -0.2) is 41.4 Å². The summed E-state index contributed by atoms with van der Waals surface area (Å²) in [5.74, 6) is -2.21. The van der Waals surface area contributed by atoms with Gasteiger partial charge in [0, 0.05) is 40.9 Å². The summed E-state index contributed by atoms with van der Waals surface area (Å²) in [5.41, 5.74) is 7.15. The molecule has 9 nitrogen and oxygen atoms in total. The van der Waals surface area contributed by atoms with Crippen molar-refractivity contribution in [3.63, 3.8) is 0 Å². The zero-order chi connectivity index (χ0) is 22.8. The summed E-state index contributed by atoms with van der Waals surface area (Å²) in [5, 5.41) is 2.77. The van der Waals surface area contributed by atoms with Crippen molar-refractivity contribution < 1.29 is 23.9 Å². The molecule has 0 bridgehead atoms. The molecule has 0 saturated heterocycles. The molecule has 0 saturated carbocycles. The van der Waals surface area contributed by atoms with Crippen LogP contribution in [0.15, 0.2) is 41.0 Å². The van der Waals surface area contributed by atoms with E-state index in [-0.39, 0.29) is 12.2 Å². The highest BCUT2D eigenvalue weighted by Crippen LogP contribution is 2.38. The van der Waals surface area contributed by atoms with Crippen molar-refractivity contribution in [2.24, 2.45) is 5.92 Å². The Labute approximate surface area is 193 Å². The normalized spacial score (nSPS) is 21.7. The third-order valence-electron chi connectivity index (χ3n) is 5.99. The average molecular weight is 503 g/mol. The van der Waals surface area contributed by atoms with E-state index in [2.05, 4.69) is 32.1 Å². The van der Waals surface area contributed by atoms with Crippen LogP contribution in [0.5, 0.6) is 0 Å². The summed E-state index contributed by atoms with van der Waals surface area (Å²) >= 11 is 3.31. The average Bonchev–Trinajstić information content (AvgIpc) is 3.12. The number of benzene rings is 1. The number of aryl methyl sites for hydroxylation is 1. The minimum atomic E-state index is -0.659. The smallest absolute Gasteiger partial charge is 0.407 e. The first-order chi connectivity index (χ1) is 15.4. The molecule has 0 fully saturated rings. The zero-order valence-electron chi connectivity index (χ0n) is 17.4. The number of hydrogen-bond acceptors (Lipinski definition) is 5. The number of amides is 3. The van der Waals surface area contributed by atoms with Crippen molar-refractivity contribution in [2.45, 2.75) is 37.8 Å². The predicted molar refractivity (Wildman–Crippen MR) is 118 cm³/mol. The fourth-order valence-electron chi connectivity index (χ4n) is 4.43. The summed E-state index contributed by atoms with van der Waals surface area (Å²) in [7, 11) is 1.28. The van der Waals surface area contributed by atoms with Crippen molar-refractivity contribution in [3.05, 3.63) is 57.8 Å². The van der Waals surface area contributed by atoms with Crippen molar-refractivity contribution in [1.29, 1.82) is 0 Å². The van der Waals surface area contributed by atoms with E-state index in [1.165, 1.54) is 7.11 Å². The number of methoxy groups -OCH3 is 1. The van der Waals surface area contributed by atoms with Crippen molar-refractivity contribution in [1.82, 2.24) is 20.7 Å². The van der Waals surface area contributed by atoms with Gasteiger partial charge in [-0.15, -0.1) is 0 Å². The Morgan fingerprint density at radius 1 is 1.12 bits per heavy atom. The van der Waals surface area contributed by atoms with Gasteiger partial charge in [0.2, 0.25) is 5.91 Å². The van der Waals surface area contributed by atoms with Crippen molar-refractivity contribution >= 4 is 39.6 Å². The van der Waals surface area contributed by atoms with Gasteiger partial charge in [0.15, 0.2) is 0 Å². The van der Waals surface area contributed by atoms with Crippen LogP contribution in [0.3, 0.4) is 0 Å². The Bertz CT molecular complexity index is 1060. The molecular formula is C22H23BrN4O5. The maximum Gasteiger partial charge on any atom is 0.407 e. The third kappa shape index (κ3) is 4.40. The Balaban J connectivity index is 1.48. The number of rotatable bonds is 3. The van der Waals surface area contributed by atoms with Crippen molar-refractivity contribution in [3.8, 4) is 0 Å². The maximum absolute atomic E-state index is 13.2. The van der Waals surface area contributed by atoms with E-state index < -0.39 is 35.8 Å². The Kier molecular flexibility index (Phi) is 6.31. The second-order valence-corrected chi connectivity index (χ2v) is 8.87. The number of hydrazine groups is 1. The molecule has 0 spiro atoms. The van der Waals surface area contributed by atoms with Gasteiger partial charge in [-0.3, -0.25) is 25.2 Å². The van der Waals surface area contributed by atoms with Gasteiger partial charge < -0.3 is 14.6 Å². The van der Waals surface area contributed by atoms with Gasteiger partial charge >= 0.3 is 6.09 Å². The molecule has 2 heterocycles. The standard InChI is InChI=1S/C22H23BrN4O5/c1-32-22(31)24-16-7-4-12-8-9-27-11-14(10-17(28)18(16)19(12)27)21(30)26-25-20(29)13-2-5-15(23)6-3-13/h2-3,5-6,8-9,14,16,18H,4,7,10-11H2,1H3,(H,24,31)(H,25,29)(H,26,30)/t14-,16-,18?/m0/s1. The van der Waals surface area contributed by atoms with E-state index in [9.17, 15) is 19.2 Å². The number of ether oxygens (including phenoxy) is 1. The minimum absolute atomic E-state index is 0.00509. The van der Waals surface area contributed by atoms with E-state index in [0.29, 0.717) is 18.5 Å². The molecule has 3 atom stereocenters. The first kappa shape index (κ1) is 22.1. The number of carbonyl (C=O) groups is 4. The maximum atomic E-state index is 13.2. The molecule has 3 N–H and O–H groups in total. The summed E-state index contributed by atoms with van der Waals surface area (Å²) in [4.78, 5) is 50.1. The second kappa shape index (κ2) is 9.15. The van der Waals surface area contributed by atoms with E-state index >= 15 is 0 Å². The largest absolute Gasteiger partial charge is 0.453 e. The molecule has 1 aliphatic heterocycles. The number of alkyl carbamates (subject to hydrolysis) is 1. The first-order valence-corrected chi connectivity index (χ1v) is 11.1. The van der Waals surface area contributed by atoms with Gasteiger partial charge in [-0.2, -0.15) is 0 Å². The van der Waals surface area contributed by atoms with E-state index in [1.807, 2.05) is 16.8 Å². The fourth-order valence-corrected chi connectivity index (χ4v) is 4.70. The summed E-state index contributed by atoms with van der Waals surface area (Å²) < 4.78 is 7.46. The molecule has 2 aliphatic rings. The first-order valence-electron chi connectivity index (χ1n) is 10.3. The SMILES string of the molecule is COC(=O)N[C@H]1CCc2ccn3c2C1C(=O)C[C@H](C(=O)NNC(=O)c1ccc(Br)cc1)C3. The van der Waals surface area contributed by atoms with Gasteiger partial charge in [0.1, 0.15) is 5.78 Å². The topological polar surface area (TPSA) is 119 Å². The number of nitrogens with zero attached hydrogens (tertiary/aromatic N) is 1. The van der Waals surface area contributed by atoms with Crippen LogP contribution in [0.2, 0.25) is 0 Å². The van der Waals surface area contributed by atoms with Gasteiger partial charge in [-0.25, -0.2) is 4.79 Å². The number of halogens is 1. The highest BCUT2D eigenvalue weighted by atomic mass is 79.9. The van der Waals surface area contributed by atoms with E-state index in [4.69, 9.17) is 4.74 Å². The molecule has 32 heavy (non-hydrogen) atoms. The third-order valence-corrected chi connectivity index (χ3v) is 6.52. The van der Waals surface area contributed by atoms with Gasteiger partial charge in [0.25, 0.3) is 5.91 Å². The number of Topliss-reactive ketones (excluding diaryl/α,β-unsaturated/α-hetero) is 1. The van der Waals surface area contributed by atoms with Crippen LogP contribution in [-0.2, 0) is 27.3 Å². The van der Waals surface area contributed by atoms with E-state index in [0.717, 1.165) is 22.2 Å². The molecular weight excluding hydrogens is 480 g/mol. The summed E-state index contributed by atoms with van der Waals surface area (Å²) in [6, 6.07) is 8.28. The second-order valence-electron chi connectivity index (χ2n) is 7.95. The van der Waals surface area contributed by atoms with Gasteiger partial charge in [-0.1, -0.05) is 15.9 Å².